The molecule has 0 radical (unpaired) electrons. The van der Waals surface area contributed by atoms with E-state index in [1.165, 1.54) is 5.69 Å². The molecule has 2 aromatic rings. The van der Waals surface area contributed by atoms with Crippen molar-refractivity contribution in [2.75, 3.05) is 25.0 Å². The summed E-state index contributed by atoms with van der Waals surface area (Å²) in [4.78, 5) is 11.1. The summed E-state index contributed by atoms with van der Waals surface area (Å²) in [5.74, 6) is 2.02. The third-order valence-electron chi connectivity index (χ3n) is 4.47. The van der Waals surface area contributed by atoms with Gasteiger partial charge in [0.05, 0.1) is 12.2 Å². The SMILES string of the molecule is CN=C(NCc1noc(C(C)(C)C)n1)NC1CCN(c2ccccc2Br)C1.I. The lowest BCUT2D eigenvalue weighted by Crippen LogP contribution is -2.44. The molecule has 1 aromatic heterocycles. The van der Waals surface area contributed by atoms with Gasteiger partial charge < -0.3 is 20.1 Å². The number of nitrogens with zero attached hydrogens (tertiary/aromatic N) is 4. The molecule has 0 spiro atoms. The van der Waals surface area contributed by atoms with Crippen LogP contribution in [-0.4, -0.2) is 42.3 Å². The van der Waals surface area contributed by atoms with Crippen LogP contribution in [-0.2, 0) is 12.0 Å². The van der Waals surface area contributed by atoms with Crippen LogP contribution >= 0.6 is 39.9 Å². The van der Waals surface area contributed by atoms with E-state index in [1.807, 2.05) is 6.07 Å². The van der Waals surface area contributed by atoms with Crippen LogP contribution in [0.25, 0.3) is 0 Å². The summed E-state index contributed by atoms with van der Waals surface area (Å²) >= 11 is 3.64. The van der Waals surface area contributed by atoms with Crippen LogP contribution in [0.3, 0.4) is 0 Å². The van der Waals surface area contributed by atoms with E-state index in [2.05, 4.69) is 85.6 Å². The molecule has 1 aliphatic rings. The Balaban J connectivity index is 0.00000280. The number of anilines is 1. The molecule has 0 aliphatic carbocycles. The second-order valence-electron chi connectivity index (χ2n) is 7.72. The molecule has 9 heteroatoms. The van der Waals surface area contributed by atoms with E-state index in [0.29, 0.717) is 24.3 Å². The average Bonchev–Trinajstić information content (AvgIpc) is 3.28. The number of hydrogen-bond donors (Lipinski definition) is 2. The second kappa shape index (κ2) is 9.91. The molecule has 1 aliphatic heterocycles. The standard InChI is InChI=1S/C19H27BrN6O.HI/c1-19(2,3)17-24-16(25-27-17)11-22-18(21-4)23-13-9-10-26(12-13)15-8-6-5-7-14(15)20;/h5-8,13H,9-12H2,1-4H3,(H2,21,22,23);1H. The van der Waals surface area contributed by atoms with Crippen molar-refractivity contribution in [1.82, 2.24) is 20.8 Å². The van der Waals surface area contributed by atoms with Gasteiger partial charge >= 0.3 is 0 Å². The number of hydrogen-bond acceptors (Lipinski definition) is 5. The quantitative estimate of drug-likeness (QED) is 0.336. The molecule has 0 amide bonds. The maximum atomic E-state index is 5.33. The monoisotopic (exact) mass is 562 g/mol. The fourth-order valence-corrected chi connectivity index (χ4v) is 3.52. The van der Waals surface area contributed by atoms with Crippen LogP contribution in [0.2, 0.25) is 0 Å². The number of guanidine groups is 1. The predicted octanol–water partition coefficient (Wildman–Crippen LogP) is 3.69. The van der Waals surface area contributed by atoms with Crippen LogP contribution < -0.4 is 15.5 Å². The number of rotatable bonds is 4. The lowest BCUT2D eigenvalue weighted by Gasteiger charge is -2.21. The van der Waals surface area contributed by atoms with Crippen LogP contribution in [0.4, 0.5) is 5.69 Å². The van der Waals surface area contributed by atoms with Crippen molar-refractivity contribution in [3.05, 3.63) is 40.5 Å². The highest BCUT2D eigenvalue weighted by molar-refractivity contribution is 14.0. The zero-order chi connectivity index (χ0) is 19.4. The van der Waals surface area contributed by atoms with Crippen LogP contribution in [0.15, 0.2) is 38.3 Å². The van der Waals surface area contributed by atoms with Crippen molar-refractivity contribution < 1.29 is 4.52 Å². The van der Waals surface area contributed by atoms with Gasteiger partial charge in [0.25, 0.3) is 0 Å². The minimum atomic E-state index is -0.149. The molecule has 28 heavy (non-hydrogen) atoms. The Morgan fingerprint density at radius 1 is 1.36 bits per heavy atom. The van der Waals surface area contributed by atoms with E-state index >= 15 is 0 Å². The van der Waals surface area contributed by atoms with Gasteiger partial charge in [-0.2, -0.15) is 4.98 Å². The molecule has 3 rings (SSSR count). The van der Waals surface area contributed by atoms with E-state index in [4.69, 9.17) is 4.52 Å². The number of nitrogens with one attached hydrogen (secondary N) is 2. The molecule has 7 nitrogen and oxygen atoms in total. The number of halogens is 2. The third-order valence-corrected chi connectivity index (χ3v) is 5.14. The van der Waals surface area contributed by atoms with Crippen molar-refractivity contribution in [2.45, 2.75) is 45.2 Å². The van der Waals surface area contributed by atoms with Gasteiger partial charge in [0.2, 0.25) is 5.89 Å². The summed E-state index contributed by atoms with van der Waals surface area (Å²) < 4.78 is 6.46. The fourth-order valence-electron chi connectivity index (χ4n) is 2.99. The lowest BCUT2D eigenvalue weighted by molar-refractivity contribution is 0.318. The maximum absolute atomic E-state index is 5.33. The van der Waals surface area contributed by atoms with Crippen molar-refractivity contribution >= 4 is 51.6 Å². The Kier molecular flexibility index (Phi) is 8.11. The molecular formula is C19H28BrIN6O. The molecule has 154 valence electrons. The van der Waals surface area contributed by atoms with Crippen molar-refractivity contribution in [1.29, 1.82) is 0 Å². The minimum absolute atomic E-state index is 0. The highest BCUT2D eigenvalue weighted by Crippen LogP contribution is 2.28. The summed E-state index contributed by atoms with van der Waals surface area (Å²) in [5, 5.41) is 10.8. The van der Waals surface area contributed by atoms with Gasteiger partial charge in [0.15, 0.2) is 11.8 Å². The van der Waals surface area contributed by atoms with Crippen molar-refractivity contribution in [3.8, 4) is 0 Å². The smallest absolute Gasteiger partial charge is 0.232 e. The molecule has 1 saturated heterocycles. The number of aliphatic imine (C=N–C) groups is 1. The molecule has 0 bridgehead atoms. The zero-order valence-electron chi connectivity index (χ0n) is 16.7. The lowest BCUT2D eigenvalue weighted by atomic mass is 9.97. The summed E-state index contributed by atoms with van der Waals surface area (Å²) in [6.07, 6.45) is 1.05. The summed E-state index contributed by atoms with van der Waals surface area (Å²) in [7, 11) is 1.77. The first kappa shape index (κ1) is 22.9. The molecular weight excluding hydrogens is 535 g/mol. The number of para-hydroxylation sites is 1. The van der Waals surface area contributed by atoms with Gasteiger partial charge in [-0.25, -0.2) is 0 Å². The number of aromatic nitrogens is 2. The predicted molar refractivity (Wildman–Crippen MR) is 127 cm³/mol. The summed E-state index contributed by atoms with van der Waals surface area (Å²) in [6.45, 7) is 8.57. The molecule has 1 atom stereocenters. The molecule has 0 saturated carbocycles. The van der Waals surface area contributed by atoms with Crippen LogP contribution in [0.1, 0.15) is 38.9 Å². The average molecular weight is 563 g/mol. The minimum Gasteiger partial charge on any atom is -0.368 e. The first-order chi connectivity index (χ1) is 12.9. The Bertz CT molecular complexity index is 804. The van der Waals surface area contributed by atoms with Gasteiger partial charge in [-0.1, -0.05) is 38.1 Å². The van der Waals surface area contributed by atoms with Crippen LogP contribution in [0.5, 0.6) is 0 Å². The Labute approximate surface area is 191 Å². The van der Waals surface area contributed by atoms with Gasteiger partial charge in [-0.05, 0) is 34.5 Å². The Morgan fingerprint density at radius 3 is 2.75 bits per heavy atom. The van der Waals surface area contributed by atoms with E-state index < -0.39 is 0 Å². The normalized spacial score (nSPS) is 17.4. The van der Waals surface area contributed by atoms with E-state index in [0.717, 1.165) is 29.9 Å². The van der Waals surface area contributed by atoms with E-state index in [9.17, 15) is 0 Å². The molecule has 1 fully saturated rings. The first-order valence-electron chi connectivity index (χ1n) is 9.16. The van der Waals surface area contributed by atoms with Crippen molar-refractivity contribution in [2.24, 2.45) is 4.99 Å². The van der Waals surface area contributed by atoms with Gasteiger partial charge in [-0.15, -0.1) is 24.0 Å². The Hall–Kier alpha value is -1.36. The van der Waals surface area contributed by atoms with Crippen molar-refractivity contribution in [3.63, 3.8) is 0 Å². The summed E-state index contributed by atoms with van der Waals surface area (Å²) in [6, 6.07) is 8.65. The summed E-state index contributed by atoms with van der Waals surface area (Å²) in [5.41, 5.74) is 1.08. The number of benzene rings is 1. The molecule has 2 N–H and O–H groups in total. The van der Waals surface area contributed by atoms with E-state index in [-0.39, 0.29) is 29.4 Å². The highest BCUT2D eigenvalue weighted by Gasteiger charge is 2.25. The molecule has 1 aromatic carbocycles. The topological polar surface area (TPSA) is 78.6 Å². The molecule has 2 heterocycles. The first-order valence-corrected chi connectivity index (χ1v) is 9.96. The van der Waals surface area contributed by atoms with E-state index in [1.54, 1.807) is 7.05 Å². The van der Waals surface area contributed by atoms with Crippen LogP contribution in [0, 0.1) is 0 Å². The fraction of sp³-hybridized carbons (Fsp3) is 0.526. The second-order valence-corrected chi connectivity index (χ2v) is 8.57. The van der Waals surface area contributed by atoms with Gasteiger partial charge in [0, 0.05) is 36.1 Å². The largest absolute Gasteiger partial charge is 0.368 e. The van der Waals surface area contributed by atoms with Gasteiger partial charge in [0.1, 0.15) is 0 Å². The van der Waals surface area contributed by atoms with Gasteiger partial charge in [-0.3, -0.25) is 4.99 Å². The highest BCUT2D eigenvalue weighted by atomic mass is 127. The maximum Gasteiger partial charge on any atom is 0.232 e. The molecule has 1 unspecified atom stereocenters. The Morgan fingerprint density at radius 2 is 2.11 bits per heavy atom. The zero-order valence-corrected chi connectivity index (χ0v) is 20.6. The third kappa shape index (κ3) is 5.82.